The van der Waals surface area contributed by atoms with Crippen molar-refractivity contribution in [1.29, 1.82) is 0 Å². The van der Waals surface area contributed by atoms with Crippen molar-refractivity contribution in [3.63, 3.8) is 0 Å². The van der Waals surface area contributed by atoms with Crippen molar-refractivity contribution in [2.75, 3.05) is 19.6 Å². The summed E-state index contributed by atoms with van der Waals surface area (Å²) in [5.41, 5.74) is 0.129. The molecule has 0 amide bonds. The van der Waals surface area contributed by atoms with E-state index >= 15 is 0 Å². The Morgan fingerprint density at radius 1 is 1.20 bits per heavy atom. The van der Waals surface area contributed by atoms with Gasteiger partial charge >= 0.3 is 6.18 Å². The van der Waals surface area contributed by atoms with Gasteiger partial charge in [0.2, 0.25) is 0 Å². The third kappa shape index (κ3) is 3.48. The zero-order chi connectivity index (χ0) is 14.4. The zero-order valence-electron chi connectivity index (χ0n) is 12.2. The van der Waals surface area contributed by atoms with Gasteiger partial charge in [0.25, 0.3) is 0 Å². The van der Waals surface area contributed by atoms with Crippen LogP contribution in [0.15, 0.2) is 0 Å². The second-order valence-corrected chi connectivity index (χ2v) is 7.17. The largest absolute Gasteiger partial charge is 0.389 e. The normalized spacial score (nSPS) is 36.3. The van der Waals surface area contributed by atoms with Crippen LogP contribution in [0.4, 0.5) is 13.2 Å². The molecule has 0 bridgehead atoms. The standard InChI is InChI=1S/C15H25F3N2/c1-14(12-5-6-12)10-20(8-2-7-15(16,17)18)13(9-19-14)11-3-4-11/h11-13,19H,2-10H2,1H3. The highest BCUT2D eigenvalue weighted by Crippen LogP contribution is 2.44. The van der Waals surface area contributed by atoms with Gasteiger partial charge in [-0.25, -0.2) is 0 Å². The molecule has 0 aromatic heterocycles. The van der Waals surface area contributed by atoms with Crippen molar-refractivity contribution < 1.29 is 13.2 Å². The van der Waals surface area contributed by atoms with Crippen LogP contribution in [0.1, 0.15) is 45.4 Å². The number of alkyl halides is 3. The van der Waals surface area contributed by atoms with Crippen molar-refractivity contribution >= 4 is 0 Å². The quantitative estimate of drug-likeness (QED) is 0.836. The van der Waals surface area contributed by atoms with Crippen LogP contribution in [0.25, 0.3) is 0 Å². The van der Waals surface area contributed by atoms with Crippen LogP contribution in [0.3, 0.4) is 0 Å². The van der Waals surface area contributed by atoms with Gasteiger partial charge in [-0.1, -0.05) is 0 Å². The van der Waals surface area contributed by atoms with Crippen molar-refractivity contribution in [3.05, 3.63) is 0 Å². The Morgan fingerprint density at radius 2 is 1.90 bits per heavy atom. The smallest absolute Gasteiger partial charge is 0.308 e. The Labute approximate surface area is 119 Å². The average molecular weight is 290 g/mol. The van der Waals surface area contributed by atoms with Crippen molar-refractivity contribution in [2.45, 2.75) is 63.2 Å². The fraction of sp³-hybridized carbons (Fsp3) is 1.00. The Morgan fingerprint density at radius 3 is 2.45 bits per heavy atom. The molecule has 3 aliphatic rings. The van der Waals surface area contributed by atoms with E-state index in [0.29, 0.717) is 12.6 Å². The topological polar surface area (TPSA) is 15.3 Å². The molecule has 2 nitrogen and oxygen atoms in total. The molecule has 0 aromatic rings. The summed E-state index contributed by atoms with van der Waals surface area (Å²) < 4.78 is 37.0. The molecule has 1 heterocycles. The molecule has 0 aromatic carbocycles. The van der Waals surface area contributed by atoms with Gasteiger partial charge in [0, 0.05) is 31.1 Å². The minimum absolute atomic E-state index is 0.129. The lowest BCUT2D eigenvalue weighted by Crippen LogP contribution is -2.64. The molecule has 1 N–H and O–H groups in total. The van der Waals surface area contributed by atoms with E-state index in [1.807, 2.05) is 0 Å². The number of nitrogens with one attached hydrogen (secondary N) is 1. The molecule has 5 heteroatoms. The molecule has 0 spiro atoms. The predicted molar refractivity (Wildman–Crippen MR) is 72.5 cm³/mol. The summed E-state index contributed by atoms with van der Waals surface area (Å²) >= 11 is 0. The van der Waals surface area contributed by atoms with Crippen LogP contribution in [0.5, 0.6) is 0 Å². The van der Waals surface area contributed by atoms with Gasteiger partial charge in [-0.15, -0.1) is 0 Å². The number of halogens is 3. The van der Waals surface area contributed by atoms with E-state index in [9.17, 15) is 13.2 Å². The maximum atomic E-state index is 12.3. The molecule has 3 rings (SSSR count). The van der Waals surface area contributed by atoms with Gasteiger partial charge in [0.15, 0.2) is 0 Å². The molecule has 1 saturated heterocycles. The van der Waals surface area contributed by atoms with Gasteiger partial charge in [0.1, 0.15) is 0 Å². The molecule has 1 aliphatic heterocycles. The minimum Gasteiger partial charge on any atom is -0.308 e. The molecule has 0 radical (unpaired) electrons. The number of hydrogen-bond acceptors (Lipinski definition) is 2. The van der Waals surface area contributed by atoms with E-state index in [2.05, 4.69) is 17.1 Å². The first-order valence-electron chi connectivity index (χ1n) is 7.93. The van der Waals surface area contributed by atoms with Gasteiger partial charge in [-0.2, -0.15) is 13.2 Å². The predicted octanol–water partition coefficient (Wildman–Crippen LogP) is 3.18. The molecular weight excluding hydrogens is 265 g/mol. The molecule has 2 aliphatic carbocycles. The summed E-state index contributed by atoms with van der Waals surface area (Å²) in [6, 6.07) is 0.468. The van der Waals surface area contributed by atoms with Crippen molar-refractivity contribution in [3.8, 4) is 0 Å². The minimum atomic E-state index is -4.01. The average Bonchev–Trinajstić information content (AvgIpc) is 3.20. The van der Waals surface area contributed by atoms with Crippen LogP contribution >= 0.6 is 0 Å². The van der Waals surface area contributed by atoms with Crippen LogP contribution in [-0.4, -0.2) is 42.3 Å². The second-order valence-electron chi connectivity index (χ2n) is 7.17. The second kappa shape index (κ2) is 5.16. The van der Waals surface area contributed by atoms with Gasteiger partial charge in [-0.05, 0) is 57.4 Å². The summed E-state index contributed by atoms with van der Waals surface area (Å²) in [6.07, 6.45) is 0.636. The van der Waals surface area contributed by atoms with Gasteiger partial charge < -0.3 is 5.32 Å². The van der Waals surface area contributed by atoms with Crippen LogP contribution in [0.2, 0.25) is 0 Å². The van der Waals surface area contributed by atoms with E-state index in [0.717, 1.165) is 24.9 Å². The van der Waals surface area contributed by atoms with E-state index in [1.165, 1.54) is 25.7 Å². The summed E-state index contributed by atoms with van der Waals surface area (Å²) in [6.45, 7) is 4.75. The fourth-order valence-corrected chi connectivity index (χ4v) is 3.73. The first kappa shape index (κ1) is 14.6. The highest BCUT2D eigenvalue weighted by molar-refractivity contribution is 5.06. The number of nitrogens with zero attached hydrogens (tertiary/aromatic N) is 1. The number of piperazine rings is 1. The lowest BCUT2D eigenvalue weighted by Gasteiger charge is -2.47. The first-order chi connectivity index (χ1) is 9.37. The highest BCUT2D eigenvalue weighted by Gasteiger charge is 2.48. The summed E-state index contributed by atoms with van der Waals surface area (Å²) in [7, 11) is 0. The van der Waals surface area contributed by atoms with Crippen molar-refractivity contribution in [1.82, 2.24) is 10.2 Å². The number of hydrogen-bond donors (Lipinski definition) is 1. The van der Waals surface area contributed by atoms with Crippen LogP contribution < -0.4 is 5.32 Å². The van der Waals surface area contributed by atoms with Crippen molar-refractivity contribution in [2.24, 2.45) is 11.8 Å². The Bertz CT molecular complexity index is 350. The van der Waals surface area contributed by atoms with Gasteiger partial charge in [0.05, 0.1) is 0 Å². The zero-order valence-corrected chi connectivity index (χ0v) is 12.2. The van der Waals surface area contributed by atoms with Gasteiger partial charge in [-0.3, -0.25) is 4.90 Å². The summed E-state index contributed by atoms with van der Waals surface area (Å²) in [5.74, 6) is 1.45. The molecule has 3 fully saturated rings. The Hall–Kier alpha value is -0.290. The first-order valence-corrected chi connectivity index (χ1v) is 7.93. The van der Waals surface area contributed by atoms with E-state index < -0.39 is 12.6 Å². The maximum Gasteiger partial charge on any atom is 0.389 e. The van der Waals surface area contributed by atoms with Crippen LogP contribution in [-0.2, 0) is 0 Å². The highest BCUT2D eigenvalue weighted by atomic mass is 19.4. The Kier molecular flexibility index (Phi) is 3.78. The monoisotopic (exact) mass is 290 g/mol. The van der Waals surface area contributed by atoms with E-state index in [-0.39, 0.29) is 12.0 Å². The molecule has 116 valence electrons. The molecular formula is C15H25F3N2. The number of rotatable bonds is 5. The lowest BCUT2D eigenvalue weighted by atomic mass is 9.89. The SMILES string of the molecule is CC1(C2CC2)CN(CCCC(F)(F)F)C(C2CC2)CN1. The lowest BCUT2D eigenvalue weighted by molar-refractivity contribution is -0.136. The summed E-state index contributed by atoms with van der Waals surface area (Å²) in [5, 5.41) is 3.70. The Balaban J connectivity index is 1.57. The third-order valence-corrected chi connectivity index (χ3v) is 5.27. The molecule has 2 atom stereocenters. The third-order valence-electron chi connectivity index (χ3n) is 5.27. The molecule has 2 saturated carbocycles. The van der Waals surface area contributed by atoms with E-state index in [1.54, 1.807) is 0 Å². The maximum absolute atomic E-state index is 12.3. The van der Waals surface area contributed by atoms with Crippen LogP contribution in [0, 0.1) is 11.8 Å². The molecule has 20 heavy (non-hydrogen) atoms. The summed E-state index contributed by atoms with van der Waals surface area (Å²) in [4.78, 5) is 2.36. The van der Waals surface area contributed by atoms with E-state index in [4.69, 9.17) is 0 Å². The fourth-order valence-electron chi connectivity index (χ4n) is 3.73. The molecule has 2 unspecified atom stereocenters.